The van der Waals surface area contributed by atoms with E-state index in [0.29, 0.717) is 6.61 Å². The Balaban J connectivity index is 0.00000112. The number of hydrogen-bond acceptors (Lipinski definition) is 2. The SMILES string of the molecule is Cl.O=C(O)CC1=CCOc2ccccc21. The molecule has 0 amide bonds. The summed E-state index contributed by atoms with van der Waals surface area (Å²) in [5.74, 6) is -0.0424. The minimum absolute atomic E-state index is 0. The van der Waals surface area contributed by atoms with Crippen molar-refractivity contribution >= 4 is 23.9 Å². The van der Waals surface area contributed by atoms with Crippen LogP contribution in [-0.4, -0.2) is 17.7 Å². The molecule has 0 aromatic heterocycles. The number of carboxylic acid groups (broad SMARTS) is 1. The first-order valence-electron chi connectivity index (χ1n) is 4.40. The maximum absolute atomic E-state index is 10.6. The number of benzene rings is 1. The second kappa shape index (κ2) is 4.84. The summed E-state index contributed by atoms with van der Waals surface area (Å²) >= 11 is 0. The molecule has 0 saturated heterocycles. The fraction of sp³-hybridized carbons (Fsp3) is 0.182. The number of para-hydroxylation sites is 1. The van der Waals surface area contributed by atoms with Gasteiger partial charge in [0.25, 0.3) is 0 Å². The van der Waals surface area contributed by atoms with Gasteiger partial charge in [-0.3, -0.25) is 4.79 Å². The van der Waals surface area contributed by atoms with Crippen molar-refractivity contribution < 1.29 is 14.6 Å². The van der Waals surface area contributed by atoms with Crippen molar-refractivity contribution in [2.24, 2.45) is 0 Å². The molecule has 3 nitrogen and oxygen atoms in total. The third kappa shape index (κ3) is 2.50. The molecule has 15 heavy (non-hydrogen) atoms. The maximum atomic E-state index is 10.6. The summed E-state index contributed by atoms with van der Waals surface area (Å²) in [5.41, 5.74) is 1.72. The normalized spacial score (nSPS) is 12.9. The number of rotatable bonds is 2. The molecule has 1 heterocycles. The van der Waals surface area contributed by atoms with Gasteiger partial charge in [-0.05, 0) is 17.7 Å². The van der Waals surface area contributed by atoms with Gasteiger partial charge in [-0.2, -0.15) is 0 Å². The van der Waals surface area contributed by atoms with Gasteiger partial charge in [0.05, 0.1) is 6.42 Å². The molecule has 2 rings (SSSR count). The molecule has 0 aliphatic carbocycles. The largest absolute Gasteiger partial charge is 0.489 e. The molecular weight excluding hydrogens is 216 g/mol. The van der Waals surface area contributed by atoms with E-state index in [1.54, 1.807) is 0 Å². The van der Waals surface area contributed by atoms with Crippen LogP contribution in [0.5, 0.6) is 5.75 Å². The van der Waals surface area contributed by atoms with Gasteiger partial charge in [0.15, 0.2) is 0 Å². The number of fused-ring (bicyclic) bond motifs is 1. The highest BCUT2D eigenvalue weighted by Crippen LogP contribution is 2.31. The van der Waals surface area contributed by atoms with Crippen molar-refractivity contribution in [1.82, 2.24) is 0 Å². The molecule has 0 radical (unpaired) electrons. The van der Waals surface area contributed by atoms with Crippen molar-refractivity contribution in [1.29, 1.82) is 0 Å². The van der Waals surface area contributed by atoms with Gasteiger partial charge < -0.3 is 9.84 Å². The van der Waals surface area contributed by atoms with E-state index in [9.17, 15) is 4.79 Å². The van der Waals surface area contributed by atoms with E-state index in [1.165, 1.54) is 0 Å². The third-order valence-electron chi connectivity index (χ3n) is 2.14. The average Bonchev–Trinajstić information content (AvgIpc) is 2.18. The van der Waals surface area contributed by atoms with Crippen LogP contribution in [0.3, 0.4) is 0 Å². The Kier molecular flexibility index (Phi) is 3.74. The molecule has 0 spiro atoms. The summed E-state index contributed by atoms with van der Waals surface area (Å²) in [5, 5.41) is 8.71. The second-order valence-electron chi connectivity index (χ2n) is 3.11. The first kappa shape index (κ1) is 11.6. The first-order valence-corrected chi connectivity index (χ1v) is 4.40. The van der Waals surface area contributed by atoms with Gasteiger partial charge in [0.1, 0.15) is 12.4 Å². The van der Waals surface area contributed by atoms with Crippen LogP contribution >= 0.6 is 12.4 Å². The Bertz CT molecular complexity index is 399. The predicted molar refractivity (Wildman–Crippen MR) is 59.4 cm³/mol. The van der Waals surface area contributed by atoms with E-state index in [-0.39, 0.29) is 18.8 Å². The van der Waals surface area contributed by atoms with E-state index in [0.717, 1.165) is 16.9 Å². The Hall–Kier alpha value is -1.48. The summed E-state index contributed by atoms with van der Waals surface area (Å²) in [7, 11) is 0. The van der Waals surface area contributed by atoms with E-state index in [1.807, 2.05) is 30.3 Å². The summed E-state index contributed by atoms with van der Waals surface area (Å²) in [6, 6.07) is 7.49. The lowest BCUT2D eigenvalue weighted by Gasteiger charge is -2.17. The van der Waals surface area contributed by atoms with Gasteiger partial charge in [-0.1, -0.05) is 18.2 Å². The van der Waals surface area contributed by atoms with Crippen molar-refractivity contribution in [3.05, 3.63) is 35.9 Å². The molecular formula is C11H11ClO3. The highest BCUT2D eigenvalue weighted by molar-refractivity contribution is 5.86. The third-order valence-corrected chi connectivity index (χ3v) is 2.14. The monoisotopic (exact) mass is 226 g/mol. The molecule has 80 valence electrons. The highest BCUT2D eigenvalue weighted by Gasteiger charge is 2.14. The zero-order chi connectivity index (χ0) is 9.97. The van der Waals surface area contributed by atoms with Crippen LogP contribution in [0, 0.1) is 0 Å². The topological polar surface area (TPSA) is 46.5 Å². The molecule has 1 N–H and O–H groups in total. The van der Waals surface area contributed by atoms with Gasteiger partial charge in [-0.25, -0.2) is 0 Å². The Morgan fingerprint density at radius 1 is 1.40 bits per heavy atom. The minimum Gasteiger partial charge on any atom is -0.489 e. The zero-order valence-electron chi connectivity index (χ0n) is 7.97. The molecule has 0 bridgehead atoms. The smallest absolute Gasteiger partial charge is 0.307 e. The number of halogens is 1. The lowest BCUT2D eigenvalue weighted by molar-refractivity contribution is -0.135. The van der Waals surface area contributed by atoms with Crippen LogP contribution in [0.4, 0.5) is 0 Å². The van der Waals surface area contributed by atoms with E-state index in [4.69, 9.17) is 9.84 Å². The molecule has 0 atom stereocenters. The quantitative estimate of drug-likeness (QED) is 0.842. The summed E-state index contributed by atoms with van der Waals surface area (Å²) < 4.78 is 5.37. The number of ether oxygens (including phenoxy) is 1. The van der Waals surface area contributed by atoms with Crippen molar-refractivity contribution in [2.45, 2.75) is 6.42 Å². The van der Waals surface area contributed by atoms with E-state index in [2.05, 4.69) is 0 Å². The Morgan fingerprint density at radius 3 is 2.87 bits per heavy atom. The van der Waals surface area contributed by atoms with Crippen LogP contribution in [0.15, 0.2) is 30.3 Å². The lowest BCUT2D eigenvalue weighted by atomic mass is 10.00. The minimum atomic E-state index is -0.812. The van der Waals surface area contributed by atoms with Crippen LogP contribution in [0.2, 0.25) is 0 Å². The second-order valence-corrected chi connectivity index (χ2v) is 3.11. The van der Waals surface area contributed by atoms with Gasteiger partial charge in [-0.15, -0.1) is 12.4 Å². The highest BCUT2D eigenvalue weighted by atomic mass is 35.5. The lowest BCUT2D eigenvalue weighted by Crippen LogP contribution is -2.07. The Morgan fingerprint density at radius 2 is 2.13 bits per heavy atom. The molecule has 0 fully saturated rings. The predicted octanol–water partition coefficient (Wildman–Crippen LogP) is 2.36. The number of hydrogen-bond donors (Lipinski definition) is 1. The van der Waals surface area contributed by atoms with Crippen molar-refractivity contribution in [3.63, 3.8) is 0 Å². The zero-order valence-corrected chi connectivity index (χ0v) is 8.79. The maximum Gasteiger partial charge on any atom is 0.307 e. The number of carbonyl (C=O) groups is 1. The van der Waals surface area contributed by atoms with Crippen LogP contribution in [0.25, 0.3) is 5.57 Å². The van der Waals surface area contributed by atoms with E-state index < -0.39 is 5.97 Å². The molecule has 1 aliphatic heterocycles. The molecule has 4 heteroatoms. The molecule has 1 aromatic rings. The van der Waals surface area contributed by atoms with Crippen LogP contribution in [0.1, 0.15) is 12.0 Å². The summed E-state index contributed by atoms with van der Waals surface area (Å²) in [4.78, 5) is 10.6. The van der Waals surface area contributed by atoms with Crippen molar-refractivity contribution in [2.75, 3.05) is 6.61 Å². The molecule has 0 unspecified atom stereocenters. The molecule has 1 aromatic carbocycles. The summed E-state index contributed by atoms with van der Waals surface area (Å²) in [6.07, 6.45) is 1.87. The van der Waals surface area contributed by atoms with Gasteiger partial charge in [0, 0.05) is 5.56 Å². The van der Waals surface area contributed by atoms with Crippen molar-refractivity contribution in [3.8, 4) is 5.75 Å². The summed E-state index contributed by atoms with van der Waals surface area (Å²) in [6.45, 7) is 0.458. The van der Waals surface area contributed by atoms with E-state index >= 15 is 0 Å². The molecule has 0 saturated carbocycles. The number of aliphatic carboxylic acids is 1. The van der Waals surface area contributed by atoms with Crippen LogP contribution < -0.4 is 4.74 Å². The fourth-order valence-corrected chi connectivity index (χ4v) is 1.53. The van der Waals surface area contributed by atoms with Gasteiger partial charge >= 0.3 is 5.97 Å². The van der Waals surface area contributed by atoms with Crippen LogP contribution in [-0.2, 0) is 4.79 Å². The standard InChI is InChI=1S/C11H10O3.ClH/c12-11(13)7-8-5-6-14-10-4-2-1-3-9(8)10;/h1-5H,6-7H2,(H,12,13);1H. The Labute approximate surface area is 93.8 Å². The molecule has 1 aliphatic rings. The first-order chi connectivity index (χ1) is 6.77. The fourth-order valence-electron chi connectivity index (χ4n) is 1.53. The van der Waals surface area contributed by atoms with Gasteiger partial charge in [0.2, 0.25) is 0 Å². The average molecular weight is 227 g/mol. The number of carboxylic acids is 1.